The van der Waals surface area contributed by atoms with E-state index in [0.29, 0.717) is 5.92 Å². The number of aromatic nitrogens is 4. The van der Waals surface area contributed by atoms with Crippen molar-refractivity contribution in [3.05, 3.63) is 35.0 Å². The molecule has 2 aromatic heterocycles. The number of aryl methyl sites for hydroxylation is 2. The minimum absolute atomic E-state index is 0.389. The van der Waals surface area contributed by atoms with Gasteiger partial charge >= 0.3 is 0 Å². The van der Waals surface area contributed by atoms with Gasteiger partial charge < -0.3 is 5.32 Å². The monoisotopic (exact) mass is 273 g/mol. The van der Waals surface area contributed by atoms with Gasteiger partial charge in [0.25, 0.3) is 0 Å². The first kappa shape index (κ1) is 14.7. The van der Waals surface area contributed by atoms with Crippen molar-refractivity contribution in [2.75, 3.05) is 6.54 Å². The lowest BCUT2D eigenvalue weighted by Gasteiger charge is -2.12. The van der Waals surface area contributed by atoms with Gasteiger partial charge in [0.15, 0.2) is 5.82 Å². The molecule has 0 atom stereocenters. The third kappa shape index (κ3) is 3.22. The van der Waals surface area contributed by atoms with Crippen molar-refractivity contribution in [1.29, 1.82) is 0 Å². The Morgan fingerprint density at radius 1 is 1.20 bits per heavy atom. The highest BCUT2D eigenvalue weighted by Gasteiger charge is 2.11. The lowest BCUT2D eigenvalue weighted by Crippen LogP contribution is -2.14. The molecule has 108 valence electrons. The van der Waals surface area contributed by atoms with Gasteiger partial charge in [-0.2, -0.15) is 4.68 Å². The van der Waals surface area contributed by atoms with Gasteiger partial charge in [0.2, 0.25) is 0 Å². The smallest absolute Gasteiger partial charge is 0.156 e. The molecule has 1 N–H and O–H groups in total. The molecular formula is C15H23N5. The van der Waals surface area contributed by atoms with Gasteiger partial charge in [-0.1, -0.05) is 20.8 Å². The Balaban J connectivity index is 2.46. The Morgan fingerprint density at radius 2 is 1.95 bits per heavy atom. The Bertz CT molecular complexity index is 586. The van der Waals surface area contributed by atoms with Crippen LogP contribution in [0.3, 0.4) is 0 Å². The first-order valence-electron chi connectivity index (χ1n) is 7.13. The zero-order valence-electron chi connectivity index (χ0n) is 12.9. The summed E-state index contributed by atoms with van der Waals surface area (Å²) in [6.07, 6.45) is 0. The van der Waals surface area contributed by atoms with Gasteiger partial charge in [-0.3, -0.25) is 0 Å². The maximum absolute atomic E-state index is 4.72. The van der Waals surface area contributed by atoms with Crippen LogP contribution in [0.2, 0.25) is 0 Å². The summed E-state index contributed by atoms with van der Waals surface area (Å²) < 4.78 is 1.82. The second kappa shape index (κ2) is 6.13. The second-order valence-corrected chi connectivity index (χ2v) is 5.31. The maximum atomic E-state index is 4.72. The van der Waals surface area contributed by atoms with Crippen LogP contribution in [0.25, 0.3) is 5.82 Å². The van der Waals surface area contributed by atoms with Crippen LogP contribution < -0.4 is 5.32 Å². The minimum Gasteiger partial charge on any atom is -0.313 e. The Kier molecular flexibility index (Phi) is 4.49. The van der Waals surface area contributed by atoms with Gasteiger partial charge in [-0.05, 0) is 44.0 Å². The molecule has 0 bridgehead atoms. The predicted octanol–water partition coefficient (Wildman–Crippen LogP) is 2.51. The van der Waals surface area contributed by atoms with Crippen LogP contribution >= 0.6 is 0 Å². The highest BCUT2D eigenvalue weighted by Crippen LogP contribution is 2.17. The molecule has 2 rings (SSSR count). The highest BCUT2D eigenvalue weighted by atomic mass is 15.4. The molecule has 0 spiro atoms. The van der Waals surface area contributed by atoms with E-state index in [4.69, 9.17) is 4.98 Å². The van der Waals surface area contributed by atoms with Gasteiger partial charge in [0.05, 0.1) is 0 Å². The summed E-state index contributed by atoms with van der Waals surface area (Å²) in [5.74, 6) is 2.88. The van der Waals surface area contributed by atoms with E-state index in [-0.39, 0.29) is 0 Å². The highest BCUT2D eigenvalue weighted by molar-refractivity contribution is 5.32. The number of rotatable bonds is 5. The molecule has 5 nitrogen and oxygen atoms in total. The summed E-state index contributed by atoms with van der Waals surface area (Å²) in [5, 5.41) is 7.78. The van der Waals surface area contributed by atoms with E-state index in [9.17, 15) is 0 Å². The van der Waals surface area contributed by atoms with Crippen LogP contribution in [0, 0.1) is 13.8 Å². The molecule has 0 unspecified atom stereocenters. The number of nitrogens with zero attached hydrogens (tertiary/aromatic N) is 4. The molecule has 0 amide bonds. The van der Waals surface area contributed by atoms with Crippen LogP contribution in [0.4, 0.5) is 0 Å². The lowest BCUT2D eigenvalue weighted by molar-refractivity contribution is 0.711. The quantitative estimate of drug-likeness (QED) is 0.909. The molecule has 0 aliphatic rings. The van der Waals surface area contributed by atoms with Crippen LogP contribution in [0.15, 0.2) is 12.1 Å². The first-order chi connectivity index (χ1) is 9.51. The summed E-state index contributed by atoms with van der Waals surface area (Å²) in [4.78, 5) is 9.07. The van der Waals surface area contributed by atoms with Crippen molar-refractivity contribution >= 4 is 0 Å². The molecule has 0 aliphatic carbocycles. The molecule has 0 aliphatic heterocycles. The first-order valence-corrected chi connectivity index (χ1v) is 7.13. The number of hydrogen-bond donors (Lipinski definition) is 1. The summed E-state index contributed by atoms with van der Waals surface area (Å²) in [6, 6.07) is 4.24. The van der Waals surface area contributed by atoms with Crippen molar-refractivity contribution in [1.82, 2.24) is 25.1 Å². The molecule has 0 radical (unpaired) electrons. The molecule has 20 heavy (non-hydrogen) atoms. The fourth-order valence-corrected chi connectivity index (χ4v) is 2.11. The minimum atomic E-state index is 0.389. The van der Waals surface area contributed by atoms with E-state index in [1.807, 2.05) is 18.5 Å². The van der Waals surface area contributed by atoms with Crippen molar-refractivity contribution < 1.29 is 0 Å². The Labute approximate surface area is 120 Å². The van der Waals surface area contributed by atoms with Crippen molar-refractivity contribution in [2.45, 2.75) is 47.1 Å². The van der Waals surface area contributed by atoms with E-state index >= 15 is 0 Å². The summed E-state index contributed by atoms with van der Waals surface area (Å²) >= 11 is 0. The van der Waals surface area contributed by atoms with Gasteiger partial charge in [0.1, 0.15) is 11.6 Å². The molecule has 0 saturated heterocycles. The zero-order valence-corrected chi connectivity index (χ0v) is 12.9. The third-order valence-corrected chi connectivity index (χ3v) is 3.15. The Morgan fingerprint density at radius 3 is 2.50 bits per heavy atom. The van der Waals surface area contributed by atoms with Crippen LogP contribution in [0.1, 0.15) is 49.6 Å². The van der Waals surface area contributed by atoms with E-state index < -0.39 is 0 Å². The van der Waals surface area contributed by atoms with Crippen LogP contribution in [0.5, 0.6) is 0 Å². The number of pyridine rings is 1. The average molecular weight is 273 g/mol. The Hall–Kier alpha value is -1.75. The van der Waals surface area contributed by atoms with Crippen molar-refractivity contribution in [3.63, 3.8) is 0 Å². The third-order valence-electron chi connectivity index (χ3n) is 3.15. The summed E-state index contributed by atoms with van der Waals surface area (Å²) in [7, 11) is 0. The predicted molar refractivity (Wildman–Crippen MR) is 80.1 cm³/mol. The summed E-state index contributed by atoms with van der Waals surface area (Å²) in [6.45, 7) is 12.1. The fraction of sp³-hybridized carbons (Fsp3) is 0.533. The second-order valence-electron chi connectivity index (χ2n) is 5.31. The molecular weight excluding hydrogens is 250 g/mol. The van der Waals surface area contributed by atoms with Gasteiger partial charge in [0, 0.05) is 12.2 Å². The number of hydrogen-bond acceptors (Lipinski definition) is 4. The van der Waals surface area contributed by atoms with E-state index in [2.05, 4.69) is 48.3 Å². The average Bonchev–Trinajstić information content (AvgIpc) is 2.75. The molecule has 2 aromatic rings. The topological polar surface area (TPSA) is 55.6 Å². The molecule has 5 heteroatoms. The largest absolute Gasteiger partial charge is 0.313 e. The standard InChI is InChI=1S/C15H23N5/c1-6-16-9-13-7-14(10(2)3)18-15(8-13)20-12(5)17-11(4)19-20/h7-8,10,16H,6,9H2,1-5H3. The number of nitrogens with one attached hydrogen (secondary N) is 1. The van der Waals surface area contributed by atoms with Crippen LogP contribution in [-0.4, -0.2) is 26.3 Å². The molecule has 2 heterocycles. The van der Waals surface area contributed by atoms with Crippen molar-refractivity contribution in [3.8, 4) is 5.82 Å². The maximum Gasteiger partial charge on any atom is 0.156 e. The van der Waals surface area contributed by atoms with Gasteiger partial charge in [-0.25, -0.2) is 9.97 Å². The van der Waals surface area contributed by atoms with E-state index in [1.165, 1.54) is 5.56 Å². The summed E-state index contributed by atoms with van der Waals surface area (Å²) in [5.41, 5.74) is 2.32. The van der Waals surface area contributed by atoms with E-state index in [1.54, 1.807) is 0 Å². The van der Waals surface area contributed by atoms with Crippen molar-refractivity contribution in [2.24, 2.45) is 0 Å². The molecule has 0 aromatic carbocycles. The fourth-order valence-electron chi connectivity index (χ4n) is 2.11. The zero-order chi connectivity index (χ0) is 14.7. The van der Waals surface area contributed by atoms with Gasteiger partial charge in [-0.15, -0.1) is 5.10 Å². The van der Waals surface area contributed by atoms with Crippen LogP contribution in [-0.2, 0) is 6.54 Å². The SMILES string of the molecule is CCNCc1cc(C(C)C)nc(-n2nc(C)nc2C)c1. The van der Waals surface area contributed by atoms with E-state index in [0.717, 1.165) is 36.3 Å². The normalized spacial score (nSPS) is 11.3. The molecule has 0 fully saturated rings. The lowest BCUT2D eigenvalue weighted by atomic mass is 10.1. The molecule has 0 saturated carbocycles.